The Hall–Kier alpha value is -4.38. The van der Waals surface area contributed by atoms with Crippen molar-refractivity contribution in [3.8, 4) is 11.6 Å². The number of hydrogen-bond donors (Lipinski definition) is 4. The lowest BCUT2D eigenvalue weighted by molar-refractivity contribution is 0.313. The fourth-order valence-electron chi connectivity index (χ4n) is 4.44. The first-order valence-electron chi connectivity index (χ1n) is 11.6. The molecule has 186 valence electrons. The molecular formula is C25H27N7O4. The molecule has 0 atom stereocenters. The molecule has 5 rings (SSSR count). The zero-order chi connectivity index (χ0) is 25.6. The van der Waals surface area contributed by atoms with Crippen molar-refractivity contribution in [3.63, 3.8) is 0 Å². The average molecular weight is 490 g/mol. The molecule has 0 saturated carbocycles. The first-order valence-corrected chi connectivity index (χ1v) is 11.6. The number of aryl methyl sites for hydroxylation is 2. The quantitative estimate of drug-likeness (QED) is 0.320. The van der Waals surface area contributed by atoms with Crippen molar-refractivity contribution in [2.45, 2.75) is 13.8 Å². The molecule has 0 spiro atoms. The van der Waals surface area contributed by atoms with E-state index in [4.69, 9.17) is 0 Å². The molecule has 2 aromatic carbocycles. The minimum Gasteiger partial charge on any atom is -0.493 e. The fourth-order valence-corrected chi connectivity index (χ4v) is 4.44. The second-order valence-corrected chi connectivity index (χ2v) is 9.14. The molecule has 3 heterocycles. The van der Waals surface area contributed by atoms with Gasteiger partial charge in [0.25, 0.3) is 5.56 Å². The van der Waals surface area contributed by atoms with Gasteiger partial charge in [0.1, 0.15) is 5.56 Å². The second-order valence-electron chi connectivity index (χ2n) is 9.14. The van der Waals surface area contributed by atoms with Gasteiger partial charge in [-0.2, -0.15) is 0 Å². The van der Waals surface area contributed by atoms with Crippen LogP contribution in [0.2, 0.25) is 0 Å². The molecule has 0 amide bonds. The van der Waals surface area contributed by atoms with Crippen molar-refractivity contribution < 1.29 is 5.11 Å². The highest BCUT2D eigenvalue weighted by molar-refractivity contribution is 5.91. The minimum absolute atomic E-state index is 0.150. The van der Waals surface area contributed by atoms with Gasteiger partial charge in [-0.25, -0.2) is 14.2 Å². The lowest BCUT2D eigenvalue weighted by Gasteiger charge is -2.34. The van der Waals surface area contributed by atoms with E-state index >= 15 is 0 Å². The minimum atomic E-state index is -0.750. The Kier molecular flexibility index (Phi) is 5.84. The van der Waals surface area contributed by atoms with Gasteiger partial charge in [-0.15, -0.1) is 0 Å². The molecule has 1 saturated heterocycles. The summed E-state index contributed by atoms with van der Waals surface area (Å²) in [7, 11) is 2.06. The fraction of sp³-hybridized carbons (Fsp3) is 0.280. The Morgan fingerprint density at radius 2 is 1.61 bits per heavy atom. The van der Waals surface area contributed by atoms with Crippen molar-refractivity contribution in [1.82, 2.24) is 24.4 Å². The maximum Gasteiger partial charge on any atom is 0.335 e. The van der Waals surface area contributed by atoms with Gasteiger partial charge in [0, 0.05) is 32.4 Å². The zero-order valence-corrected chi connectivity index (χ0v) is 20.3. The highest BCUT2D eigenvalue weighted by Gasteiger charge is 2.20. The van der Waals surface area contributed by atoms with Gasteiger partial charge >= 0.3 is 11.4 Å². The number of H-pyrrole nitrogens is 3. The molecule has 0 bridgehead atoms. The molecule has 1 aliphatic rings. The standard InChI is InChI=1S/C25H27N7O4/c1-14-4-5-15(2)20(10-14)32-23(34)16(22(33)29-25(32)36)13-26-19-11-17-18(28-24(35)27-17)12-21(19)31-8-6-30(3)7-9-31/h4-5,10-13,34H,6-9H2,1-3H3,(H2,27,28,35)(H,29,33,36). The number of likely N-dealkylation sites (N-methyl/N-ethyl adjacent to an activating group) is 1. The zero-order valence-electron chi connectivity index (χ0n) is 20.3. The number of nitrogens with zero attached hydrogens (tertiary/aromatic N) is 4. The normalized spacial score (nSPS) is 14.8. The van der Waals surface area contributed by atoms with Crippen LogP contribution in [0.15, 0.2) is 49.7 Å². The van der Waals surface area contributed by atoms with Gasteiger partial charge in [-0.05, 0) is 50.2 Å². The molecule has 0 radical (unpaired) electrons. The predicted molar refractivity (Wildman–Crippen MR) is 140 cm³/mol. The van der Waals surface area contributed by atoms with Gasteiger partial charge in [0.05, 0.1) is 28.1 Å². The first kappa shape index (κ1) is 23.4. The van der Waals surface area contributed by atoms with Crippen LogP contribution >= 0.6 is 0 Å². The maximum atomic E-state index is 12.7. The summed E-state index contributed by atoms with van der Waals surface area (Å²) in [6, 6.07) is 9.08. The van der Waals surface area contributed by atoms with Gasteiger partial charge in [-0.3, -0.25) is 14.8 Å². The average Bonchev–Trinajstić information content (AvgIpc) is 3.19. The van der Waals surface area contributed by atoms with E-state index in [-0.39, 0.29) is 11.3 Å². The van der Waals surface area contributed by atoms with Crippen LogP contribution in [0, 0.1) is 13.8 Å². The molecule has 0 aliphatic carbocycles. The third kappa shape index (κ3) is 4.24. The van der Waals surface area contributed by atoms with Gasteiger partial charge in [-0.1, -0.05) is 12.1 Å². The van der Waals surface area contributed by atoms with Crippen LogP contribution in [0.4, 0.5) is 11.4 Å². The van der Waals surface area contributed by atoms with Crippen LogP contribution < -0.4 is 21.8 Å². The monoisotopic (exact) mass is 489 g/mol. The van der Waals surface area contributed by atoms with Crippen LogP contribution in [0.3, 0.4) is 0 Å². The number of aliphatic imine (C=N–C) groups is 1. The lowest BCUT2D eigenvalue weighted by Crippen LogP contribution is -2.44. The van der Waals surface area contributed by atoms with Crippen LogP contribution in [0.1, 0.15) is 16.7 Å². The van der Waals surface area contributed by atoms with Crippen molar-refractivity contribution in [2.75, 3.05) is 38.1 Å². The third-order valence-corrected chi connectivity index (χ3v) is 6.51. The molecule has 2 aromatic heterocycles. The number of aromatic nitrogens is 4. The second kappa shape index (κ2) is 9.00. The van der Waals surface area contributed by atoms with E-state index in [9.17, 15) is 19.5 Å². The van der Waals surface area contributed by atoms with E-state index in [1.165, 1.54) is 6.21 Å². The third-order valence-electron chi connectivity index (χ3n) is 6.51. The summed E-state index contributed by atoms with van der Waals surface area (Å²) < 4.78 is 1.07. The number of anilines is 1. The van der Waals surface area contributed by atoms with Crippen molar-refractivity contribution in [2.24, 2.45) is 4.99 Å². The van der Waals surface area contributed by atoms with Crippen LogP contribution in [0.5, 0.6) is 5.88 Å². The molecular weight excluding hydrogens is 462 g/mol. The Morgan fingerprint density at radius 3 is 2.33 bits per heavy atom. The number of imidazole rings is 1. The molecule has 36 heavy (non-hydrogen) atoms. The summed E-state index contributed by atoms with van der Waals surface area (Å²) >= 11 is 0. The number of fused-ring (bicyclic) bond motifs is 1. The summed E-state index contributed by atoms with van der Waals surface area (Å²) in [6.07, 6.45) is 1.25. The lowest BCUT2D eigenvalue weighted by atomic mass is 10.1. The van der Waals surface area contributed by atoms with E-state index in [0.29, 0.717) is 22.4 Å². The largest absolute Gasteiger partial charge is 0.493 e. The number of rotatable bonds is 4. The topological polar surface area (TPSA) is 143 Å². The van der Waals surface area contributed by atoms with E-state index < -0.39 is 17.1 Å². The van der Waals surface area contributed by atoms with Crippen LogP contribution in [0.25, 0.3) is 16.7 Å². The Morgan fingerprint density at radius 1 is 0.917 bits per heavy atom. The Bertz CT molecular complexity index is 1670. The number of aromatic amines is 3. The van der Waals surface area contributed by atoms with Gasteiger partial charge in [0.2, 0.25) is 5.88 Å². The highest BCUT2D eigenvalue weighted by Crippen LogP contribution is 2.33. The molecule has 11 heteroatoms. The van der Waals surface area contributed by atoms with Crippen LogP contribution in [-0.4, -0.2) is 69.0 Å². The van der Waals surface area contributed by atoms with E-state index in [0.717, 1.165) is 47.6 Å². The van der Waals surface area contributed by atoms with E-state index in [2.05, 4.69) is 36.8 Å². The SMILES string of the molecule is Cc1ccc(C)c(-n2c(O)c(C=Nc3cc4[nH]c(=O)[nH]c4cc3N3CCN(C)CC3)c(=O)[nH]c2=O)c1. The smallest absolute Gasteiger partial charge is 0.335 e. The first-order chi connectivity index (χ1) is 17.2. The van der Waals surface area contributed by atoms with E-state index in [1.807, 2.05) is 32.0 Å². The maximum absolute atomic E-state index is 12.7. The Balaban J connectivity index is 1.64. The molecule has 1 aliphatic heterocycles. The van der Waals surface area contributed by atoms with E-state index in [1.54, 1.807) is 12.1 Å². The summed E-state index contributed by atoms with van der Waals surface area (Å²) in [5.41, 5.74) is 2.68. The highest BCUT2D eigenvalue weighted by atomic mass is 16.3. The summed E-state index contributed by atoms with van der Waals surface area (Å²) in [5, 5.41) is 11.0. The van der Waals surface area contributed by atoms with Gasteiger partial charge in [0.15, 0.2) is 0 Å². The number of hydrogen-bond acceptors (Lipinski definition) is 7. The van der Waals surface area contributed by atoms with Crippen molar-refractivity contribution in [1.29, 1.82) is 0 Å². The van der Waals surface area contributed by atoms with Gasteiger partial charge < -0.3 is 24.9 Å². The van der Waals surface area contributed by atoms with Crippen molar-refractivity contribution in [3.05, 3.63) is 78.3 Å². The molecule has 1 fully saturated rings. The molecule has 0 unspecified atom stereocenters. The summed E-state index contributed by atoms with van der Waals surface area (Å²) in [6.45, 7) is 6.96. The number of aromatic hydroxyl groups is 1. The predicted octanol–water partition coefficient (Wildman–Crippen LogP) is 1.52. The van der Waals surface area contributed by atoms with Crippen LogP contribution in [-0.2, 0) is 0 Å². The number of nitrogens with one attached hydrogen (secondary N) is 3. The molecule has 4 N–H and O–H groups in total. The summed E-state index contributed by atoms with van der Waals surface area (Å²) in [5.74, 6) is -0.501. The summed E-state index contributed by atoms with van der Waals surface area (Å²) in [4.78, 5) is 53.9. The number of piperazine rings is 1. The molecule has 4 aromatic rings. The number of benzene rings is 2. The molecule has 11 nitrogen and oxygen atoms in total. The Labute approximate surface area is 205 Å². The van der Waals surface area contributed by atoms with Crippen molar-refractivity contribution >= 4 is 28.6 Å².